The van der Waals surface area contributed by atoms with Crippen molar-refractivity contribution in [3.8, 4) is 16.9 Å². The lowest BCUT2D eigenvalue weighted by atomic mass is 10.0. The van der Waals surface area contributed by atoms with Crippen LogP contribution in [0, 0.1) is 6.92 Å². The Morgan fingerprint density at radius 3 is 2.64 bits per heavy atom. The molecule has 0 aliphatic rings. The number of carbonyl (C=O) groups excluding carboxylic acids is 1. The first-order valence-corrected chi connectivity index (χ1v) is 8.12. The molecule has 128 valence electrons. The molecule has 0 saturated carbocycles. The Morgan fingerprint density at radius 1 is 1.16 bits per heavy atom. The first-order chi connectivity index (χ1) is 12.1. The van der Waals surface area contributed by atoms with E-state index in [0.717, 1.165) is 5.56 Å². The van der Waals surface area contributed by atoms with E-state index in [0.29, 0.717) is 34.6 Å². The molecule has 5 heteroatoms. The van der Waals surface area contributed by atoms with Crippen molar-refractivity contribution in [3.05, 3.63) is 64.5 Å². The van der Waals surface area contributed by atoms with Gasteiger partial charge in [-0.15, -0.1) is 0 Å². The van der Waals surface area contributed by atoms with Crippen molar-refractivity contribution in [2.45, 2.75) is 13.8 Å². The summed E-state index contributed by atoms with van der Waals surface area (Å²) < 4.78 is 11.3. The Hall–Kier alpha value is -3.08. The second-order valence-electron chi connectivity index (χ2n) is 5.63. The summed E-state index contributed by atoms with van der Waals surface area (Å²) in [5, 5.41) is 3.14. The SMILES string of the molecule is CCNC(=O)COc1ccc2c(=O)c(-c3ccccc3)c(C)oc2c1. The highest BCUT2D eigenvalue weighted by molar-refractivity contribution is 5.84. The molecule has 3 aromatic rings. The molecule has 1 aromatic heterocycles. The average Bonchev–Trinajstić information content (AvgIpc) is 2.61. The predicted octanol–water partition coefficient (Wildman–Crippen LogP) is 3.28. The number of hydrogen-bond donors (Lipinski definition) is 1. The monoisotopic (exact) mass is 337 g/mol. The first-order valence-electron chi connectivity index (χ1n) is 8.12. The van der Waals surface area contributed by atoms with Gasteiger partial charge >= 0.3 is 0 Å². The summed E-state index contributed by atoms with van der Waals surface area (Å²) in [7, 11) is 0. The lowest BCUT2D eigenvalue weighted by molar-refractivity contribution is -0.122. The summed E-state index contributed by atoms with van der Waals surface area (Å²) >= 11 is 0. The lowest BCUT2D eigenvalue weighted by Gasteiger charge is -2.09. The van der Waals surface area contributed by atoms with Crippen LogP contribution in [0.2, 0.25) is 0 Å². The van der Waals surface area contributed by atoms with Crippen molar-refractivity contribution in [2.75, 3.05) is 13.2 Å². The van der Waals surface area contributed by atoms with Crippen LogP contribution in [0.25, 0.3) is 22.1 Å². The minimum absolute atomic E-state index is 0.0787. The maximum absolute atomic E-state index is 12.8. The van der Waals surface area contributed by atoms with Crippen LogP contribution in [0.15, 0.2) is 57.7 Å². The number of rotatable bonds is 5. The van der Waals surface area contributed by atoms with Gasteiger partial charge in [0.15, 0.2) is 6.61 Å². The predicted molar refractivity (Wildman–Crippen MR) is 96.8 cm³/mol. The summed E-state index contributed by atoms with van der Waals surface area (Å²) in [5.41, 5.74) is 1.74. The molecule has 0 radical (unpaired) electrons. The van der Waals surface area contributed by atoms with Gasteiger partial charge in [0.25, 0.3) is 5.91 Å². The molecule has 0 fully saturated rings. The molecular weight excluding hydrogens is 318 g/mol. The number of fused-ring (bicyclic) bond motifs is 1. The third-order valence-corrected chi connectivity index (χ3v) is 3.85. The van der Waals surface area contributed by atoms with Crippen molar-refractivity contribution in [1.29, 1.82) is 0 Å². The molecule has 1 amide bonds. The lowest BCUT2D eigenvalue weighted by Crippen LogP contribution is -2.28. The number of benzene rings is 2. The van der Waals surface area contributed by atoms with E-state index in [9.17, 15) is 9.59 Å². The molecule has 1 N–H and O–H groups in total. The van der Waals surface area contributed by atoms with E-state index in [1.165, 1.54) is 0 Å². The molecule has 0 atom stereocenters. The van der Waals surface area contributed by atoms with E-state index in [1.807, 2.05) is 37.3 Å². The van der Waals surface area contributed by atoms with Crippen molar-refractivity contribution < 1.29 is 13.9 Å². The van der Waals surface area contributed by atoms with Crippen LogP contribution < -0.4 is 15.5 Å². The molecule has 5 nitrogen and oxygen atoms in total. The van der Waals surface area contributed by atoms with Crippen molar-refractivity contribution >= 4 is 16.9 Å². The Kier molecular flexibility index (Phi) is 4.84. The average molecular weight is 337 g/mol. The number of likely N-dealkylation sites (N-methyl/N-ethyl adjacent to an activating group) is 1. The van der Waals surface area contributed by atoms with E-state index < -0.39 is 0 Å². The Balaban J connectivity index is 1.97. The molecule has 0 aliphatic carbocycles. The first kappa shape index (κ1) is 16.8. The minimum Gasteiger partial charge on any atom is -0.484 e. The van der Waals surface area contributed by atoms with Crippen LogP contribution in [0.4, 0.5) is 0 Å². The van der Waals surface area contributed by atoms with Gasteiger partial charge in [0.05, 0.1) is 10.9 Å². The molecular formula is C20H19NO4. The maximum Gasteiger partial charge on any atom is 0.257 e. The number of carbonyl (C=O) groups is 1. The van der Waals surface area contributed by atoms with Crippen LogP contribution in [0.1, 0.15) is 12.7 Å². The molecule has 25 heavy (non-hydrogen) atoms. The molecule has 1 heterocycles. The molecule has 0 aliphatic heterocycles. The second kappa shape index (κ2) is 7.21. The van der Waals surface area contributed by atoms with E-state index in [-0.39, 0.29) is 17.9 Å². The highest BCUT2D eigenvalue weighted by Gasteiger charge is 2.14. The Bertz CT molecular complexity index is 961. The largest absolute Gasteiger partial charge is 0.484 e. The summed E-state index contributed by atoms with van der Waals surface area (Å²) in [6, 6.07) is 14.4. The number of amides is 1. The van der Waals surface area contributed by atoms with Crippen molar-refractivity contribution in [2.24, 2.45) is 0 Å². The van der Waals surface area contributed by atoms with E-state index >= 15 is 0 Å². The van der Waals surface area contributed by atoms with Crippen molar-refractivity contribution in [1.82, 2.24) is 5.32 Å². The molecule has 0 spiro atoms. The normalized spacial score (nSPS) is 10.6. The van der Waals surface area contributed by atoms with Gasteiger partial charge in [0, 0.05) is 12.6 Å². The number of hydrogen-bond acceptors (Lipinski definition) is 4. The second-order valence-corrected chi connectivity index (χ2v) is 5.63. The fourth-order valence-corrected chi connectivity index (χ4v) is 2.71. The number of aryl methyl sites for hydroxylation is 1. The fourth-order valence-electron chi connectivity index (χ4n) is 2.71. The number of nitrogens with one attached hydrogen (secondary N) is 1. The topological polar surface area (TPSA) is 68.5 Å². The van der Waals surface area contributed by atoms with Crippen LogP contribution in [0.3, 0.4) is 0 Å². The van der Waals surface area contributed by atoms with Gasteiger partial charge in [-0.3, -0.25) is 9.59 Å². The van der Waals surface area contributed by atoms with Gasteiger partial charge in [-0.05, 0) is 31.5 Å². The van der Waals surface area contributed by atoms with Gasteiger partial charge in [-0.2, -0.15) is 0 Å². The molecule has 0 unspecified atom stereocenters. The quantitative estimate of drug-likeness (QED) is 0.776. The van der Waals surface area contributed by atoms with Gasteiger partial charge in [-0.25, -0.2) is 0 Å². The summed E-state index contributed by atoms with van der Waals surface area (Å²) in [5.74, 6) is 0.831. The standard InChI is InChI=1S/C20H19NO4/c1-3-21-18(22)12-24-15-9-10-16-17(11-15)25-13(2)19(20(16)23)14-7-5-4-6-8-14/h4-11H,3,12H2,1-2H3,(H,21,22). The molecule has 0 bridgehead atoms. The zero-order valence-electron chi connectivity index (χ0n) is 14.2. The third-order valence-electron chi connectivity index (χ3n) is 3.85. The van der Waals surface area contributed by atoms with E-state index in [4.69, 9.17) is 9.15 Å². The Morgan fingerprint density at radius 2 is 1.92 bits per heavy atom. The molecule has 3 rings (SSSR count). The van der Waals surface area contributed by atoms with Crippen molar-refractivity contribution in [3.63, 3.8) is 0 Å². The fraction of sp³-hybridized carbons (Fsp3) is 0.200. The molecule has 2 aromatic carbocycles. The maximum atomic E-state index is 12.8. The molecule has 0 saturated heterocycles. The Labute approximate surface area is 145 Å². The highest BCUT2D eigenvalue weighted by atomic mass is 16.5. The van der Waals surface area contributed by atoms with Gasteiger partial charge in [0.2, 0.25) is 5.43 Å². The zero-order chi connectivity index (χ0) is 17.8. The summed E-state index contributed by atoms with van der Waals surface area (Å²) in [6.45, 7) is 4.09. The summed E-state index contributed by atoms with van der Waals surface area (Å²) in [4.78, 5) is 24.3. The highest BCUT2D eigenvalue weighted by Crippen LogP contribution is 2.26. The number of ether oxygens (including phenoxy) is 1. The third kappa shape index (κ3) is 3.55. The van der Waals surface area contributed by atoms with Gasteiger partial charge < -0.3 is 14.5 Å². The van der Waals surface area contributed by atoms with Crippen LogP contribution in [0.5, 0.6) is 5.75 Å². The van der Waals surface area contributed by atoms with E-state index in [2.05, 4.69) is 5.32 Å². The van der Waals surface area contributed by atoms with Crippen LogP contribution in [-0.2, 0) is 4.79 Å². The summed E-state index contributed by atoms with van der Waals surface area (Å²) in [6.07, 6.45) is 0. The van der Waals surface area contributed by atoms with Crippen LogP contribution in [-0.4, -0.2) is 19.1 Å². The van der Waals surface area contributed by atoms with Gasteiger partial charge in [-0.1, -0.05) is 30.3 Å². The smallest absolute Gasteiger partial charge is 0.257 e. The van der Waals surface area contributed by atoms with Gasteiger partial charge in [0.1, 0.15) is 17.1 Å². The zero-order valence-corrected chi connectivity index (χ0v) is 14.2. The van der Waals surface area contributed by atoms with E-state index in [1.54, 1.807) is 25.1 Å². The van der Waals surface area contributed by atoms with Crippen LogP contribution >= 0.6 is 0 Å². The minimum atomic E-state index is -0.195.